The van der Waals surface area contributed by atoms with Crippen molar-refractivity contribution in [1.82, 2.24) is 20.0 Å². The molecule has 0 bridgehead atoms. The van der Waals surface area contributed by atoms with Gasteiger partial charge in [-0.05, 0) is 30.5 Å². The molecule has 7 nitrogen and oxygen atoms in total. The number of amides is 1. The van der Waals surface area contributed by atoms with Crippen LogP contribution in [0.15, 0.2) is 52.0 Å². The van der Waals surface area contributed by atoms with Gasteiger partial charge in [0.05, 0.1) is 5.56 Å². The Bertz CT molecular complexity index is 965. The molecule has 28 heavy (non-hydrogen) atoms. The molecule has 0 radical (unpaired) electrons. The molecule has 1 aromatic carbocycles. The van der Waals surface area contributed by atoms with Crippen LogP contribution in [0.25, 0.3) is 11.4 Å². The standard InChI is InChI=1S/C20H21N5O2S/c1-14-22-19(23-27-14)15-7-8-18(21-13-15)24-9-11-25(12-10-24)20(26)16-5-3-4-6-17(16)28-2/h3-8,13H,9-12H2,1-2H3. The highest BCUT2D eigenvalue weighted by Gasteiger charge is 2.24. The maximum absolute atomic E-state index is 12.9. The number of carbonyl (C=O) groups is 1. The SMILES string of the molecule is CSc1ccccc1C(=O)N1CCN(c2ccc(-c3noc(C)n3)cn2)CC1. The van der Waals surface area contributed by atoms with Gasteiger partial charge in [-0.3, -0.25) is 4.79 Å². The van der Waals surface area contributed by atoms with Gasteiger partial charge in [-0.25, -0.2) is 4.98 Å². The fourth-order valence-corrected chi connectivity index (χ4v) is 3.84. The van der Waals surface area contributed by atoms with Crippen molar-refractivity contribution in [3.05, 3.63) is 54.0 Å². The number of rotatable bonds is 4. The lowest BCUT2D eigenvalue weighted by Gasteiger charge is -2.35. The van der Waals surface area contributed by atoms with E-state index in [2.05, 4.69) is 20.0 Å². The molecule has 144 valence electrons. The molecule has 0 aliphatic carbocycles. The zero-order valence-corrected chi connectivity index (χ0v) is 16.6. The minimum absolute atomic E-state index is 0.0976. The molecule has 4 rings (SSSR count). The quantitative estimate of drug-likeness (QED) is 0.628. The highest BCUT2D eigenvalue weighted by atomic mass is 32.2. The molecule has 0 atom stereocenters. The van der Waals surface area contributed by atoms with E-state index >= 15 is 0 Å². The number of nitrogens with zero attached hydrogens (tertiary/aromatic N) is 5. The number of hydrogen-bond acceptors (Lipinski definition) is 7. The van der Waals surface area contributed by atoms with Crippen LogP contribution in [-0.4, -0.2) is 58.4 Å². The molecular formula is C20H21N5O2S. The molecule has 2 aromatic heterocycles. The second-order valence-corrected chi connectivity index (χ2v) is 7.37. The van der Waals surface area contributed by atoms with Crippen molar-refractivity contribution >= 4 is 23.5 Å². The normalized spacial score (nSPS) is 14.4. The van der Waals surface area contributed by atoms with Gasteiger partial charge in [0.1, 0.15) is 5.82 Å². The molecule has 3 aromatic rings. The molecule has 1 amide bonds. The van der Waals surface area contributed by atoms with Crippen LogP contribution in [0.2, 0.25) is 0 Å². The van der Waals surface area contributed by atoms with Crippen LogP contribution in [0.4, 0.5) is 5.82 Å². The fourth-order valence-electron chi connectivity index (χ4n) is 3.25. The number of pyridine rings is 1. The van der Waals surface area contributed by atoms with Gasteiger partial charge in [0.2, 0.25) is 11.7 Å². The molecular weight excluding hydrogens is 374 g/mol. The highest BCUT2D eigenvalue weighted by molar-refractivity contribution is 7.98. The van der Waals surface area contributed by atoms with Crippen molar-refractivity contribution in [3.8, 4) is 11.4 Å². The summed E-state index contributed by atoms with van der Waals surface area (Å²) >= 11 is 1.60. The van der Waals surface area contributed by atoms with Crippen molar-refractivity contribution in [1.29, 1.82) is 0 Å². The van der Waals surface area contributed by atoms with E-state index in [4.69, 9.17) is 4.52 Å². The van der Waals surface area contributed by atoms with Gasteiger partial charge in [0, 0.05) is 49.8 Å². The lowest BCUT2D eigenvalue weighted by molar-refractivity contribution is 0.0743. The van der Waals surface area contributed by atoms with Gasteiger partial charge in [-0.1, -0.05) is 17.3 Å². The average Bonchev–Trinajstić information content (AvgIpc) is 3.20. The second-order valence-electron chi connectivity index (χ2n) is 6.52. The summed E-state index contributed by atoms with van der Waals surface area (Å²) in [6.45, 7) is 4.61. The van der Waals surface area contributed by atoms with Crippen molar-refractivity contribution in [3.63, 3.8) is 0 Å². The molecule has 0 spiro atoms. The first-order chi connectivity index (χ1) is 13.7. The number of piperazine rings is 1. The van der Waals surface area contributed by atoms with Gasteiger partial charge in [-0.15, -0.1) is 11.8 Å². The lowest BCUT2D eigenvalue weighted by atomic mass is 10.1. The number of carbonyl (C=O) groups excluding carboxylic acids is 1. The van der Waals surface area contributed by atoms with Crippen LogP contribution in [-0.2, 0) is 0 Å². The average molecular weight is 395 g/mol. The molecule has 1 aliphatic heterocycles. The van der Waals surface area contributed by atoms with Crippen molar-refractivity contribution in [2.45, 2.75) is 11.8 Å². The topological polar surface area (TPSA) is 75.4 Å². The van der Waals surface area contributed by atoms with Gasteiger partial charge in [0.25, 0.3) is 5.91 Å². The molecule has 1 aliphatic rings. The number of aryl methyl sites for hydroxylation is 1. The van der Waals surface area contributed by atoms with Gasteiger partial charge >= 0.3 is 0 Å². The largest absolute Gasteiger partial charge is 0.353 e. The van der Waals surface area contributed by atoms with Gasteiger partial charge in [0.15, 0.2) is 0 Å². The molecule has 8 heteroatoms. The predicted molar refractivity (Wildman–Crippen MR) is 109 cm³/mol. The maximum atomic E-state index is 12.9. The van der Waals surface area contributed by atoms with Crippen LogP contribution in [0, 0.1) is 6.92 Å². The number of thioether (sulfide) groups is 1. The summed E-state index contributed by atoms with van der Waals surface area (Å²) in [7, 11) is 0. The molecule has 1 fully saturated rings. The van der Waals surface area contributed by atoms with E-state index in [0.717, 1.165) is 34.9 Å². The summed E-state index contributed by atoms with van der Waals surface area (Å²) in [5.41, 5.74) is 1.60. The number of aromatic nitrogens is 3. The zero-order chi connectivity index (χ0) is 19.5. The summed E-state index contributed by atoms with van der Waals surface area (Å²) in [6.07, 6.45) is 3.75. The molecule has 1 saturated heterocycles. The summed E-state index contributed by atoms with van der Waals surface area (Å²) in [4.78, 5) is 26.8. The highest BCUT2D eigenvalue weighted by Crippen LogP contribution is 2.23. The van der Waals surface area contributed by atoms with E-state index in [1.165, 1.54) is 0 Å². The molecule has 0 unspecified atom stereocenters. The molecule has 3 heterocycles. The first-order valence-electron chi connectivity index (χ1n) is 9.09. The molecule has 0 N–H and O–H groups in total. The van der Waals surface area contributed by atoms with Crippen molar-refractivity contribution in [2.75, 3.05) is 37.3 Å². The number of anilines is 1. The first kappa shape index (κ1) is 18.5. The van der Waals surface area contributed by atoms with Gasteiger partial charge in [-0.2, -0.15) is 4.98 Å². The fraction of sp³-hybridized carbons (Fsp3) is 0.300. The third-order valence-corrected chi connectivity index (χ3v) is 5.56. The lowest BCUT2D eigenvalue weighted by Crippen LogP contribution is -2.49. The minimum Gasteiger partial charge on any atom is -0.353 e. The van der Waals surface area contributed by atoms with E-state index in [1.54, 1.807) is 24.9 Å². The number of hydrogen-bond donors (Lipinski definition) is 0. The van der Waals surface area contributed by atoms with E-state index in [0.29, 0.717) is 24.8 Å². The Hall–Kier alpha value is -2.87. The van der Waals surface area contributed by atoms with E-state index < -0.39 is 0 Å². The van der Waals surface area contributed by atoms with E-state index in [1.807, 2.05) is 47.6 Å². The minimum atomic E-state index is 0.0976. The Kier molecular flexibility index (Phi) is 5.29. The van der Waals surface area contributed by atoms with Crippen molar-refractivity contribution < 1.29 is 9.32 Å². The summed E-state index contributed by atoms with van der Waals surface area (Å²) < 4.78 is 5.01. The Labute approximate surface area is 167 Å². The maximum Gasteiger partial charge on any atom is 0.255 e. The van der Waals surface area contributed by atoms with Crippen LogP contribution in [0.1, 0.15) is 16.2 Å². The third-order valence-electron chi connectivity index (χ3n) is 4.76. The van der Waals surface area contributed by atoms with Gasteiger partial charge < -0.3 is 14.3 Å². The van der Waals surface area contributed by atoms with Crippen LogP contribution in [0.5, 0.6) is 0 Å². The zero-order valence-electron chi connectivity index (χ0n) is 15.8. The smallest absolute Gasteiger partial charge is 0.255 e. The Morgan fingerprint density at radius 1 is 1.11 bits per heavy atom. The summed E-state index contributed by atoms with van der Waals surface area (Å²) in [6, 6.07) is 11.7. The van der Waals surface area contributed by atoms with E-state index in [-0.39, 0.29) is 5.91 Å². The van der Waals surface area contributed by atoms with Crippen LogP contribution < -0.4 is 4.90 Å². The Morgan fingerprint density at radius 3 is 2.54 bits per heavy atom. The van der Waals surface area contributed by atoms with Crippen LogP contribution >= 0.6 is 11.8 Å². The Balaban J connectivity index is 1.40. The molecule has 0 saturated carbocycles. The van der Waals surface area contributed by atoms with Crippen molar-refractivity contribution in [2.24, 2.45) is 0 Å². The number of benzene rings is 1. The monoisotopic (exact) mass is 395 g/mol. The third kappa shape index (κ3) is 3.73. The summed E-state index contributed by atoms with van der Waals surface area (Å²) in [5.74, 6) is 2.06. The summed E-state index contributed by atoms with van der Waals surface area (Å²) in [5, 5.41) is 3.91. The predicted octanol–water partition coefficient (Wildman–Crippen LogP) is 3.12. The second kappa shape index (κ2) is 8.02. The first-order valence-corrected chi connectivity index (χ1v) is 10.3. The van der Waals surface area contributed by atoms with Crippen LogP contribution in [0.3, 0.4) is 0 Å². The van der Waals surface area contributed by atoms with E-state index in [9.17, 15) is 4.79 Å². The Morgan fingerprint density at radius 2 is 1.89 bits per heavy atom.